The average molecular weight is 341 g/mol. The third kappa shape index (κ3) is 2.12. The molecule has 2 aromatic carbocycles. The van der Waals surface area contributed by atoms with Gasteiger partial charge in [0.15, 0.2) is 11.5 Å². The number of benzene rings is 2. The van der Waals surface area contributed by atoms with Crippen molar-refractivity contribution in [2.75, 3.05) is 34.9 Å². The quantitative estimate of drug-likeness (QED) is 0.852. The summed E-state index contributed by atoms with van der Waals surface area (Å²) in [5.41, 5.74) is 4.71. The molecule has 4 rings (SSSR count). The van der Waals surface area contributed by atoms with Gasteiger partial charge < -0.3 is 24.2 Å². The number of fused-ring (bicyclic) bond motifs is 2. The van der Waals surface area contributed by atoms with Gasteiger partial charge in [0.1, 0.15) is 11.8 Å². The van der Waals surface area contributed by atoms with Crippen LogP contribution in [0.3, 0.4) is 0 Å². The van der Waals surface area contributed by atoms with E-state index in [2.05, 4.69) is 14.1 Å². The maximum Gasteiger partial charge on any atom is 0.169 e. The summed E-state index contributed by atoms with van der Waals surface area (Å²) in [6.45, 7) is 1.03. The van der Waals surface area contributed by atoms with Crippen LogP contribution < -0.4 is 14.6 Å². The van der Waals surface area contributed by atoms with Crippen LogP contribution in [0.1, 0.15) is 22.7 Å². The molecule has 1 aliphatic heterocycles. The largest absolute Gasteiger partial charge is 0.870 e. The molecule has 25 heavy (non-hydrogen) atoms. The van der Waals surface area contributed by atoms with Crippen LogP contribution in [0.4, 0.5) is 0 Å². The lowest BCUT2D eigenvalue weighted by molar-refractivity contribution is -0.923. The number of methoxy groups -OCH3 is 2. The van der Waals surface area contributed by atoms with Gasteiger partial charge in [-0.2, -0.15) is 0 Å². The lowest BCUT2D eigenvalue weighted by atomic mass is 9.75. The Kier molecular flexibility index (Phi) is 3.41. The second-order valence-corrected chi connectivity index (χ2v) is 7.48. The normalized spacial score (nSPS) is 19.8. The zero-order valence-electron chi connectivity index (χ0n) is 15.0. The highest BCUT2D eigenvalue weighted by Crippen LogP contribution is 2.56. The van der Waals surface area contributed by atoms with E-state index in [-0.39, 0.29) is 17.5 Å². The minimum absolute atomic E-state index is 0.222. The van der Waals surface area contributed by atoms with Gasteiger partial charge in [0.05, 0.1) is 34.9 Å². The van der Waals surface area contributed by atoms with E-state index in [0.29, 0.717) is 17.1 Å². The Balaban J connectivity index is 2.14. The molecule has 2 aliphatic rings. The van der Waals surface area contributed by atoms with Gasteiger partial charge in [-0.3, -0.25) is 0 Å². The predicted molar refractivity (Wildman–Crippen MR) is 93.2 cm³/mol. The lowest BCUT2D eigenvalue weighted by Crippen LogP contribution is -2.49. The molecule has 0 bridgehead atoms. The van der Waals surface area contributed by atoms with Crippen LogP contribution in [-0.2, 0) is 12.8 Å². The van der Waals surface area contributed by atoms with E-state index in [1.165, 1.54) is 17.2 Å². The fourth-order valence-electron chi connectivity index (χ4n) is 4.43. The van der Waals surface area contributed by atoms with Gasteiger partial charge in [0, 0.05) is 24.0 Å². The smallest absolute Gasteiger partial charge is 0.169 e. The van der Waals surface area contributed by atoms with Crippen molar-refractivity contribution in [3.05, 3.63) is 34.9 Å². The molecule has 132 valence electrons. The summed E-state index contributed by atoms with van der Waals surface area (Å²) in [6.07, 6.45) is 1.71. The van der Waals surface area contributed by atoms with Crippen LogP contribution in [0.2, 0.25) is 0 Å². The van der Waals surface area contributed by atoms with Gasteiger partial charge in [-0.1, -0.05) is 11.8 Å². The number of hydrogen-bond acceptors (Lipinski definition) is 4. The number of rotatable bonds is 2. The molecule has 0 unspecified atom stereocenters. The zero-order chi connectivity index (χ0) is 17.9. The van der Waals surface area contributed by atoms with Crippen LogP contribution >= 0.6 is 0 Å². The number of phenolic OH excluding ortho intramolecular Hbond substituents is 1. The van der Waals surface area contributed by atoms with Gasteiger partial charge in [0.2, 0.25) is 0 Å². The predicted octanol–water partition coefficient (Wildman–Crippen LogP) is 2.38. The number of nitrogens with zero attached hydrogens (tertiary/aromatic N) is 1. The van der Waals surface area contributed by atoms with Crippen molar-refractivity contribution in [2.45, 2.75) is 18.9 Å². The van der Waals surface area contributed by atoms with E-state index in [0.717, 1.165) is 35.0 Å². The summed E-state index contributed by atoms with van der Waals surface area (Å²) < 4.78 is 12.1. The first-order valence-electron chi connectivity index (χ1n) is 8.51. The molecule has 0 amide bonds. The van der Waals surface area contributed by atoms with Gasteiger partial charge in [-0.25, -0.2) is 0 Å². The highest BCUT2D eigenvalue weighted by molar-refractivity contribution is 5.87. The van der Waals surface area contributed by atoms with E-state index >= 15 is 0 Å². The van der Waals surface area contributed by atoms with Crippen molar-refractivity contribution in [3.8, 4) is 34.1 Å². The standard InChI is InChI=1S/C20H23NO4/c1-21(2)8-7-12-10-15(24-3)20(25-4)18-16(12)13(21)9-11-5-6-14(22)19(23)17(11)18/h5-6,10,13H,7-9H2,1-4H3,(H-,22,23)/t13-/m0/s1. The molecule has 1 atom stereocenters. The highest BCUT2D eigenvalue weighted by atomic mass is 16.5. The van der Waals surface area contributed by atoms with Crippen molar-refractivity contribution in [1.82, 2.24) is 0 Å². The van der Waals surface area contributed by atoms with Crippen molar-refractivity contribution in [1.29, 1.82) is 0 Å². The maximum absolute atomic E-state index is 12.8. The Morgan fingerprint density at radius 2 is 1.88 bits per heavy atom. The highest BCUT2D eigenvalue weighted by Gasteiger charge is 2.43. The molecule has 0 saturated carbocycles. The molecule has 0 saturated heterocycles. The molecule has 0 aromatic heterocycles. The SMILES string of the molecule is COc1cc2c3c(c1OC)-c1c(ccc(O)c1[O-])C[C@@H]3[N+](C)(C)CC2. The number of hydrogen-bond donors (Lipinski definition) is 1. The molecule has 2 aromatic rings. The molecule has 1 aliphatic carbocycles. The summed E-state index contributed by atoms with van der Waals surface area (Å²) in [6, 6.07) is 5.67. The molecule has 1 N–H and O–H groups in total. The van der Waals surface area contributed by atoms with Crippen molar-refractivity contribution in [3.63, 3.8) is 0 Å². The number of ether oxygens (including phenoxy) is 2. The Morgan fingerprint density at radius 3 is 2.56 bits per heavy atom. The van der Waals surface area contributed by atoms with E-state index in [1.807, 2.05) is 12.1 Å². The van der Waals surface area contributed by atoms with Gasteiger partial charge in [-0.15, -0.1) is 0 Å². The molecule has 1 heterocycles. The summed E-state index contributed by atoms with van der Waals surface area (Å²) >= 11 is 0. The average Bonchev–Trinajstić information content (AvgIpc) is 2.60. The van der Waals surface area contributed by atoms with E-state index in [4.69, 9.17) is 9.47 Å². The fourth-order valence-corrected chi connectivity index (χ4v) is 4.43. The molecule has 0 radical (unpaired) electrons. The summed E-state index contributed by atoms with van der Waals surface area (Å²) in [5.74, 6) is 0.663. The number of phenols is 1. The fraction of sp³-hybridized carbons (Fsp3) is 0.400. The number of quaternary nitrogens is 1. The Morgan fingerprint density at radius 1 is 1.12 bits per heavy atom. The van der Waals surface area contributed by atoms with Crippen molar-refractivity contribution >= 4 is 0 Å². The van der Waals surface area contributed by atoms with Gasteiger partial charge >= 0.3 is 0 Å². The Hall–Kier alpha value is -2.40. The van der Waals surface area contributed by atoms with E-state index < -0.39 is 0 Å². The van der Waals surface area contributed by atoms with E-state index in [1.54, 1.807) is 14.2 Å². The topological polar surface area (TPSA) is 61.8 Å². The van der Waals surface area contributed by atoms with Crippen LogP contribution in [-0.4, -0.2) is 44.4 Å². The number of likely N-dealkylation sites (N-methyl/N-ethyl adjacent to an activating group) is 1. The minimum atomic E-state index is -0.333. The van der Waals surface area contributed by atoms with Crippen LogP contribution in [0.5, 0.6) is 23.0 Å². The molecular weight excluding hydrogens is 318 g/mol. The summed E-state index contributed by atoms with van der Waals surface area (Å²) in [7, 11) is 7.68. The Bertz CT molecular complexity index is 873. The lowest BCUT2D eigenvalue weighted by Gasteiger charge is -2.46. The van der Waals surface area contributed by atoms with Crippen LogP contribution in [0.25, 0.3) is 11.1 Å². The zero-order valence-corrected chi connectivity index (χ0v) is 15.0. The van der Waals surface area contributed by atoms with Crippen molar-refractivity contribution < 1.29 is 24.2 Å². The molecule has 0 spiro atoms. The first-order chi connectivity index (χ1) is 11.9. The second-order valence-electron chi connectivity index (χ2n) is 7.48. The first kappa shape index (κ1) is 16.1. The van der Waals surface area contributed by atoms with Crippen LogP contribution in [0.15, 0.2) is 18.2 Å². The number of aromatic hydroxyl groups is 1. The van der Waals surface area contributed by atoms with Crippen LogP contribution in [0, 0.1) is 0 Å². The third-order valence-corrected chi connectivity index (χ3v) is 5.82. The monoisotopic (exact) mass is 341 g/mol. The molecule has 5 heteroatoms. The van der Waals surface area contributed by atoms with Gasteiger partial charge in [0.25, 0.3) is 0 Å². The Labute approximate surface area is 147 Å². The third-order valence-electron chi connectivity index (χ3n) is 5.82. The minimum Gasteiger partial charge on any atom is -0.870 e. The molecule has 5 nitrogen and oxygen atoms in total. The van der Waals surface area contributed by atoms with Gasteiger partial charge in [-0.05, 0) is 28.8 Å². The summed E-state index contributed by atoms with van der Waals surface area (Å²) in [4.78, 5) is 0. The maximum atomic E-state index is 12.8. The summed E-state index contributed by atoms with van der Waals surface area (Å²) in [5, 5.41) is 22.8. The first-order valence-corrected chi connectivity index (χ1v) is 8.51. The van der Waals surface area contributed by atoms with Crippen molar-refractivity contribution in [2.24, 2.45) is 0 Å². The molecule has 0 fully saturated rings. The molecular formula is C20H23NO4. The second kappa shape index (κ2) is 5.30. The van der Waals surface area contributed by atoms with E-state index in [9.17, 15) is 10.2 Å².